The predicted octanol–water partition coefficient (Wildman–Crippen LogP) is 2.38. The van der Waals surface area contributed by atoms with Crippen molar-refractivity contribution >= 4 is 0 Å². The average molecular weight is 266 g/mol. The van der Waals surface area contributed by atoms with Crippen LogP contribution in [0.25, 0.3) is 0 Å². The lowest BCUT2D eigenvalue weighted by Gasteiger charge is -2.32. The SMILES string of the molecule is OC(F)(CF)C(F)(F)C(F)(F)OC(F)(F)F. The van der Waals surface area contributed by atoms with E-state index in [0.717, 1.165) is 0 Å². The summed E-state index contributed by atoms with van der Waals surface area (Å²) in [6, 6.07) is 0. The lowest BCUT2D eigenvalue weighted by atomic mass is 10.1. The van der Waals surface area contributed by atoms with E-state index in [9.17, 15) is 39.5 Å². The summed E-state index contributed by atoms with van der Waals surface area (Å²) in [5.41, 5.74) is 0. The molecular formula is C5H3F9O2. The summed E-state index contributed by atoms with van der Waals surface area (Å²) in [7, 11) is 0. The van der Waals surface area contributed by atoms with E-state index in [1.54, 1.807) is 4.74 Å². The molecule has 1 atom stereocenters. The van der Waals surface area contributed by atoms with Crippen molar-refractivity contribution in [2.75, 3.05) is 6.67 Å². The molecule has 0 aliphatic carbocycles. The first-order chi connectivity index (χ1) is 6.77. The summed E-state index contributed by atoms with van der Waals surface area (Å²) in [6.07, 6.45) is -12.7. The van der Waals surface area contributed by atoms with Gasteiger partial charge in [0.15, 0.2) is 6.67 Å². The Labute approximate surface area is 81.6 Å². The molecule has 0 aliphatic heterocycles. The normalized spacial score (nSPS) is 18.4. The zero-order valence-corrected chi connectivity index (χ0v) is 6.96. The molecule has 98 valence electrons. The van der Waals surface area contributed by atoms with E-state index in [2.05, 4.69) is 0 Å². The van der Waals surface area contributed by atoms with Crippen LogP contribution in [0.2, 0.25) is 0 Å². The summed E-state index contributed by atoms with van der Waals surface area (Å²) < 4.78 is 108. The van der Waals surface area contributed by atoms with Gasteiger partial charge in [-0.05, 0) is 0 Å². The second-order valence-electron chi connectivity index (χ2n) is 2.53. The molecule has 0 saturated carbocycles. The molecular weight excluding hydrogens is 263 g/mol. The maximum atomic E-state index is 12.3. The zero-order valence-electron chi connectivity index (χ0n) is 6.96. The van der Waals surface area contributed by atoms with E-state index < -0.39 is 30.9 Å². The van der Waals surface area contributed by atoms with Gasteiger partial charge in [0.05, 0.1) is 0 Å². The number of ether oxygens (including phenoxy) is 1. The topological polar surface area (TPSA) is 29.5 Å². The van der Waals surface area contributed by atoms with Gasteiger partial charge in [-0.3, -0.25) is 0 Å². The smallest absolute Gasteiger partial charge is 0.355 e. The van der Waals surface area contributed by atoms with Gasteiger partial charge in [0, 0.05) is 0 Å². The molecule has 1 N–H and O–H groups in total. The summed E-state index contributed by atoms with van der Waals surface area (Å²) in [5.74, 6) is -11.9. The molecule has 0 aliphatic rings. The minimum atomic E-state index is -6.46. The lowest BCUT2D eigenvalue weighted by Crippen LogP contribution is -2.59. The quantitative estimate of drug-likeness (QED) is 0.791. The summed E-state index contributed by atoms with van der Waals surface area (Å²) in [6.45, 7) is -3.04. The Kier molecular flexibility index (Phi) is 3.77. The maximum Gasteiger partial charge on any atom is 0.527 e. The highest BCUT2D eigenvalue weighted by Crippen LogP contribution is 2.46. The third-order valence-corrected chi connectivity index (χ3v) is 1.27. The molecule has 0 fully saturated rings. The molecule has 0 radical (unpaired) electrons. The van der Waals surface area contributed by atoms with E-state index in [4.69, 9.17) is 5.11 Å². The first-order valence-electron chi connectivity index (χ1n) is 3.26. The van der Waals surface area contributed by atoms with Crippen molar-refractivity contribution in [1.82, 2.24) is 0 Å². The summed E-state index contributed by atoms with van der Waals surface area (Å²) in [5, 5.41) is 7.86. The Balaban J connectivity index is 5.14. The van der Waals surface area contributed by atoms with E-state index >= 15 is 0 Å². The van der Waals surface area contributed by atoms with Crippen LogP contribution in [0.15, 0.2) is 0 Å². The van der Waals surface area contributed by atoms with E-state index in [1.165, 1.54) is 0 Å². The van der Waals surface area contributed by atoms with Gasteiger partial charge in [0.2, 0.25) is 0 Å². The highest BCUT2D eigenvalue weighted by molar-refractivity contribution is 4.91. The number of hydrogen-bond donors (Lipinski definition) is 1. The van der Waals surface area contributed by atoms with Crippen molar-refractivity contribution in [3.63, 3.8) is 0 Å². The second kappa shape index (κ2) is 3.95. The molecule has 1 unspecified atom stereocenters. The summed E-state index contributed by atoms with van der Waals surface area (Å²) in [4.78, 5) is 0. The minimum absolute atomic E-state index is 1.63. The van der Waals surface area contributed by atoms with Crippen LogP contribution in [0.1, 0.15) is 0 Å². The average Bonchev–Trinajstić information content (AvgIpc) is 1.99. The standard InChI is InChI=1S/C5H3F9O2/c6-1-2(7,15)3(8,9)4(10,11)16-5(12,13)14/h15H,1H2. The van der Waals surface area contributed by atoms with Gasteiger partial charge in [-0.15, -0.1) is 13.2 Å². The Morgan fingerprint density at radius 2 is 1.25 bits per heavy atom. The fourth-order valence-electron chi connectivity index (χ4n) is 0.516. The highest BCUT2D eigenvalue weighted by Gasteiger charge is 2.74. The molecule has 2 nitrogen and oxygen atoms in total. The number of rotatable bonds is 4. The lowest BCUT2D eigenvalue weighted by molar-refractivity contribution is -0.490. The van der Waals surface area contributed by atoms with Crippen molar-refractivity contribution in [3.8, 4) is 0 Å². The molecule has 0 aromatic carbocycles. The molecule has 0 spiro atoms. The van der Waals surface area contributed by atoms with Gasteiger partial charge < -0.3 is 5.11 Å². The van der Waals surface area contributed by atoms with Gasteiger partial charge in [0.1, 0.15) is 0 Å². The first-order valence-corrected chi connectivity index (χ1v) is 3.26. The van der Waals surface area contributed by atoms with Crippen LogP contribution in [0.3, 0.4) is 0 Å². The molecule has 0 heterocycles. The van der Waals surface area contributed by atoms with Gasteiger partial charge >= 0.3 is 24.2 Å². The number of halogens is 9. The summed E-state index contributed by atoms with van der Waals surface area (Å²) >= 11 is 0. The Morgan fingerprint density at radius 1 is 0.875 bits per heavy atom. The third kappa shape index (κ3) is 2.90. The van der Waals surface area contributed by atoms with Crippen LogP contribution in [-0.2, 0) is 4.74 Å². The van der Waals surface area contributed by atoms with Crippen molar-refractivity contribution in [2.24, 2.45) is 0 Å². The number of hydrogen-bond acceptors (Lipinski definition) is 2. The molecule has 0 rings (SSSR count). The Hall–Kier alpha value is -0.710. The van der Waals surface area contributed by atoms with Crippen molar-refractivity contribution in [2.45, 2.75) is 24.2 Å². The van der Waals surface area contributed by atoms with Crippen molar-refractivity contribution in [3.05, 3.63) is 0 Å². The fraction of sp³-hybridized carbons (Fsp3) is 1.00. The van der Waals surface area contributed by atoms with Gasteiger partial charge in [-0.1, -0.05) is 0 Å². The molecule has 0 amide bonds. The number of alkyl halides is 9. The fourth-order valence-corrected chi connectivity index (χ4v) is 0.516. The van der Waals surface area contributed by atoms with E-state index in [1.807, 2.05) is 0 Å². The van der Waals surface area contributed by atoms with Gasteiger partial charge in [0.25, 0.3) is 0 Å². The van der Waals surface area contributed by atoms with Crippen LogP contribution in [-0.4, -0.2) is 36.0 Å². The van der Waals surface area contributed by atoms with E-state index in [-0.39, 0.29) is 0 Å². The van der Waals surface area contributed by atoms with Crippen LogP contribution >= 0.6 is 0 Å². The maximum absolute atomic E-state index is 12.3. The molecule has 0 bridgehead atoms. The van der Waals surface area contributed by atoms with Crippen LogP contribution in [0.4, 0.5) is 39.5 Å². The highest BCUT2D eigenvalue weighted by atomic mass is 19.4. The van der Waals surface area contributed by atoms with Crippen LogP contribution < -0.4 is 0 Å². The van der Waals surface area contributed by atoms with Crippen molar-refractivity contribution in [1.29, 1.82) is 0 Å². The first kappa shape index (κ1) is 15.3. The molecule has 0 saturated heterocycles. The van der Waals surface area contributed by atoms with Gasteiger partial charge in [-0.25, -0.2) is 13.5 Å². The largest absolute Gasteiger partial charge is 0.527 e. The Morgan fingerprint density at radius 3 is 1.50 bits per heavy atom. The van der Waals surface area contributed by atoms with Gasteiger partial charge in [-0.2, -0.15) is 17.6 Å². The van der Waals surface area contributed by atoms with Crippen LogP contribution in [0.5, 0.6) is 0 Å². The Bertz CT molecular complexity index is 245. The minimum Gasteiger partial charge on any atom is -0.355 e. The predicted molar refractivity (Wildman–Crippen MR) is 29.1 cm³/mol. The van der Waals surface area contributed by atoms with Crippen LogP contribution in [0, 0.1) is 0 Å². The molecule has 0 aromatic rings. The van der Waals surface area contributed by atoms with Crippen molar-refractivity contribution < 1.29 is 49.4 Å². The molecule has 11 heteroatoms. The second-order valence-corrected chi connectivity index (χ2v) is 2.53. The zero-order chi connectivity index (χ0) is 13.4. The number of aliphatic hydroxyl groups is 1. The monoisotopic (exact) mass is 266 g/mol. The van der Waals surface area contributed by atoms with E-state index in [0.29, 0.717) is 0 Å². The molecule has 16 heavy (non-hydrogen) atoms. The third-order valence-electron chi connectivity index (χ3n) is 1.27. The molecule has 0 aromatic heterocycles.